The first-order valence-electron chi connectivity index (χ1n) is 21.6. The maximum atomic E-state index is 13.9. The largest absolute Gasteiger partial charge is 0.478 e. The minimum Gasteiger partial charge on any atom is -0.478 e. The Balaban J connectivity index is 1.42. The Bertz CT molecular complexity index is 3100. The van der Waals surface area contributed by atoms with Gasteiger partial charge in [0.05, 0.1) is 32.4 Å². The van der Waals surface area contributed by atoms with Crippen LogP contribution in [0.15, 0.2) is 21.9 Å². The van der Waals surface area contributed by atoms with Gasteiger partial charge in [0.2, 0.25) is 0 Å². The van der Waals surface area contributed by atoms with Gasteiger partial charge in [0.25, 0.3) is 32.1 Å². The summed E-state index contributed by atoms with van der Waals surface area (Å²) >= 11 is 25.6. The molecule has 0 spiro atoms. The third kappa shape index (κ3) is 9.71. The highest BCUT2D eigenvalue weighted by Gasteiger charge is 2.43. The molecule has 22 heteroatoms. The summed E-state index contributed by atoms with van der Waals surface area (Å²) < 4.78 is 83.6. The van der Waals surface area contributed by atoms with Gasteiger partial charge in [0, 0.05) is 46.7 Å². The molecule has 0 saturated carbocycles. The predicted molar refractivity (Wildman–Crippen MR) is 254 cm³/mol. The molecule has 0 radical (unpaired) electrons. The van der Waals surface area contributed by atoms with Gasteiger partial charge in [0.15, 0.2) is 17.3 Å². The van der Waals surface area contributed by atoms with E-state index in [1.807, 2.05) is 41.5 Å². The molecule has 4 aliphatic rings. The molecule has 3 aromatic carbocycles. The number of Topliss-reactive ketones (excluding diaryl/α,β-unsaturated/α-hetero) is 1. The second-order valence-corrected chi connectivity index (χ2v) is 23.7. The van der Waals surface area contributed by atoms with Gasteiger partial charge >= 0.3 is 11.9 Å². The molecule has 2 aliphatic carbocycles. The Labute approximate surface area is 413 Å². The molecular weight excluding hydrogens is 1010 g/mol. The SMILES string of the molecule is CC1CC(C)(C)Cc2c1cc1c(c2S(=O)(=O)O)Oc2c(S(=O)(=O)O)c3c(cc2=C1c1c(Cl)c(C(S)C(=O)CNCCCCC(=O)ON2C(=O)CCC2=O)c(Cl)c(Cl)c1C(=O)O)C(C)CC(C)(C)C=3. The Morgan fingerprint density at radius 1 is 0.897 bits per heavy atom. The molecule has 1 saturated heterocycles. The number of hydroxylamine groups is 2. The van der Waals surface area contributed by atoms with Crippen molar-refractivity contribution in [3.63, 3.8) is 0 Å². The summed E-state index contributed by atoms with van der Waals surface area (Å²) in [4.78, 5) is 66.6. The average molecular weight is 1060 g/mol. The summed E-state index contributed by atoms with van der Waals surface area (Å²) in [6.45, 7) is 11.1. The monoisotopic (exact) mass is 1050 g/mol. The Morgan fingerprint density at radius 2 is 1.51 bits per heavy atom. The number of hydrogen-bond acceptors (Lipinski definition) is 13. The Hall–Kier alpha value is -4.05. The Kier molecular flexibility index (Phi) is 14.2. The van der Waals surface area contributed by atoms with Crippen molar-refractivity contribution in [3.8, 4) is 11.5 Å². The van der Waals surface area contributed by atoms with E-state index < -0.39 is 113 Å². The number of carbonyl (C=O) groups excluding carboxylic acids is 4. The van der Waals surface area contributed by atoms with E-state index in [1.165, 1.54) is 0 Å². The molecule has 68 heavy (non-hydrogen) atoms. The lowest BCUT2D eigenvalue weighted by atomic mass is 9.69. The number of fused-ring (bicyclic) bond motifs is 4. The van der Waals surface area contributed by atoms with Gasteiger partial charge in [-0.15, -0.1) is 5.06 Å². The number of amides is 2. The van der Waals surface area contributed by atoms with Crippen LogP contribution in [0, 0.1) is 10.8 Å². The first-order valence-corrected chi connectivity index (χ1v) is 26.2. The summed E-state index contributed by atoms with van der Waals surface area (Å²) in [5.74, 6) is -6.17. The lowest BCUT2D eigenvalue weighted by Crippen LogP contribution is -2.35. The number of ketones is 1. The molecule has 3 aromatic rings. The zero-order valence-corrected chi connectivity index (χ0v) is 42.5. The highest BCUT2D eigenvalue weighted by Crippen LogP contribution is 2.54. The second-order valence-electron chi connectivity index (χ2n) is 19.3. The number of thiol groups is 1. The van der Waals surface area contributed by atoms with Crippen LogP contribution in [0.5, 0.6) is 11.5 Å². The third-order valence-electron chi connectivity index (χ3n) is 12.8. The minimum atomic E-state index is -5.26. The minimum absolute atomic E-state index is 0.0474. The number of rotatable bonds is 14. The number of hydrogen-bond donors (Lipinski definition) is 5. The molecule has 16 nitrogen and oxygen atoms in total. The van der Waals surface area contributed by atoms with Crippen molar-refractivity contribution in [1.82, 2.24) is 10.4 Å². The van der Waals surface area contributed by atoms with Crippen molar-refractivity contribution < 1.29 is 64.6 Å². The van der Waals surface area contributed by atoms with E-state index in [0.29, 0.717) is 35.5 Å². The molecule has 3 atom stereocenters. The van der Waals surface area contributed by atoms with Crippen LogP contribution in [0.4, 0.5) is 0 Å². The molecule has 1 fully saturated rings. The lowest BCUT2D eigenvalue weighted by Gasteiger charge is -2.38. The highest BCUT2D eigenvalue weighted by atomic mass is 35.5. The van der Waals surface area contributed by atoms with Crippen LogP contribution >= 0.6 is 47.4 Å². The van der Waals surface area contributed by atoms with Crippen LogP contribution < -0.4 is 20.5 Å². The van der Waals surface area contributed by atoms with Crippen molar-refractivity contribution in [2.24, 2.45) is 10.8 Å². The van der Waals surface area contributed by atoms with Crippen molar-refractivity contribution in [2.75, 3.05) is 13.1 Å². The molecule has 7 rings (SSSR count). The number of unbranched alkanes of at least 4 members (excludes halogenated alkanes) is 1. The van der Waals surface area contributed by atoms with Crippen LogP contribution in [-0.2, 0) is 50.7 Å². The van der Waals surface area contributed by atoms with E-state index in [9.17, 15) is 55.0 Å². The van der Waals surface area contributed by atoms with Gasteiger partial charge < -0.3 is 20.0 Å². The van der Waals surface area contributed by atoms with E-state index in [0.717, 1.165) is 0 Å². The van der Waals surface area contributed by atoms with Crippen LogP contribution in [-0.4, -0.2) is 78.7 Å². The number of aromatic carboxylic acids is 1. The van der Waals surface area contributed by atoms with E-state index >= 15 is 0 Å². The topological polar surface area (TPSA) is 248 Å². The average Bonchev–Trinajstić information content (AvgIpc) is 3.51. The lowest BCUT2D eigenvalue weighted by molar-refractivity contribution is -0.197. The summed E-state index contributed by atoms with van der Waals surface area (Å²) in [5, 5.41) is 11.2. The van der Waals surface area contributed by atoms with E-state index in [-0.39, 0.29) is 89.7 Å². The molecule has 3 unspecified atom stereocenters. The summed E-state index contributed by atoms with van der Waals surface area (Å²) in [6.07, 6.45) is 3.23. The number of carboxylic acids is 1. The van der Waals surface area contributed by atoms with Gasteiger partial charge in [-0.25, -0.2) is 9.59 Å². The number of benzene rings is 3. The summed E-state index contributed by atoms with van der Waals surface area (Å²) in [7, 11) is -10.5. The fraction of sp³-hybridized carbons (Fsp3) is 0.457. The van der Waals surface area contributed by atoms with Crippen LogP contribution in [0.2, 0.25) is 15.1 Å². The number of carboxylic acid groups (broad SMARTS) is 1. The third-order valence-corrected chi connectivity index (χ3v) is 16.4. The van der Waals surface area contributed by atoms with E-state index in [1.54, 1.807) is 18.2 Å². The number of carbonyl (C=O) groups is 5. The predicted octanol–water partition coefficient (Wildman–Crippen LogP) is 7.49. The normalized spacial score (nSPS) is 19.8. The number of nitrogens with zero attached hydrogens (tertiary/aromatic N) is 1. The highest BCUT2D eigenvalue weighted by molar-refractivity contribution is 7.86. The van der Waals surface area contributed by atoms with Crippen molar-refractivity contribution in [1.29, 1.82) is 0 Å². The zero-order valence-electron chi connectivity index (χ0n) is 37.7. The number of imide groups is 1. The smallest absolute Gasteiger partial charge is 0.337 e. The van der Waals surface area contributed by atoms with Crippen LogP contribution in [0.1, 0.15) is 147 Å². The van der Waals surface area contributed by atoms with Gasteiger partial charge in [-0.3, -0.25) is 23.5 Å². The molecule has 2 amide bonds. The quantitative estimate of drug-likeness (QED) is 0.0270. The van der Waals surface area contributed by atoms with Crippen molar-refractivity contribution in [3.05, 3.63) is 76.6 Å². The van der Waals surface area contributed by atoms with Crippen LogP contribution in [0.3, 0.4) is 0 Å². The fourth-order valence-corrected chi connectivity index (χ4v) is 13.4. The number of halogens is 3. The van der Waals surface area contributed by atoms with Crippen molar-refractivity contribution >= 4 is 109 Å². The molecule has 0 aromatic heterocycles. The molecule has 2 heterocycles. The Morgan fingerprint density at radius 3 is 2.12 bits per heavy atom. The summed E-state index contributed by atoms with van der Waals surface area (Å²) in [6, 6.07) is 3.15. The molecule has 0 bridgehead atoms. The first-order chi connectivity index (χ1) is 31.5. The first kappa shape index (κ1) is 51.8. The van der Waals surface area contributed by atoms with Gasteiger partial charge in [-0.2, -0.15) is 29.5 Å². The maximum absolute atomic E-state index is 13.9. The summed E-state index contributed by atoms with van der Waals surface area (Å²) in [5.41, 5.74) is -1.75. The molecule has 366 valence electrons. The molecule has 2 aliphatic heterocycles. The number of nitrogens with one attached hydrogen (secondary N) is 1. The van der Waals surface area contributed by atoms with Crippen LogP contribution in [0.25, 0.3) is 11.6 Å². The van der Waals surface area contributed by atoms with Gasteiger partial charge in [0.1, 0.15) is 9.79 Å². The fourth-order valence-electron chi connectivity index (χ4n) is 10.2. The van der Waals surface area contributed by atoms with Gasteiger partial charge in [-0.05, 0) is 95.4 Å². The van der Waals surface area contributed by atoms with E-state index in [4.69, 9.17) is 44.4 Å². The standard InChI is InChI=1S/C46H49Cl3N2O14S3/c1-20-15-45(3,4)17-26-22(20)13-24-32(25-14-23-21(2)16-46(5,6)18-27(23)43(68(61,62)63)40(25)64-39(24)42(26)67(58,59)60)33-34(44(56)57)37(48)38(49)35(36(33)47)41(66)28(52)19-50-12-8-7-9-31(55)65-51-29(53)10-11-30(51)54/h13-14,17,20-21,41,50,66H,7-12,15-16,18-19H2,1-6H3,(H,56,57)(H,58,59,60)(H,61,62,63). The molecule has 4 N–H and O–H groups in total. The van der Waals surface area contributed by atoms with Gasteiger partial charge in [-0.1, -0.05) is 82.4 Å². The molecular formula is C46H49Cl3N2O14S3. The second kappa shape index (κ2) is 18.6. The maximum Gasteiger partial charge on any atom is 0.337 e. The number of ether oxygens (including phenoxy) is 1. The van der Waals surface area contributed by atoms with Crippen molar-refractivity contribution in [2.45, 2.75) is 120 Å². The zero-order chi connectivity index (χ0) is 50.3. The van der Waals surface area contributed by atoms with E-state index in [2.05, 4.69) is 17.9 Å².